The van der Waals surface area contributed by atoms with Crippen LogP contribution in [-0.2, 0) is 21.9 Å². The van der Waals surface area contributed by atoms with E-state index in [1.807, 2.05) is 26.2 Å². The minimum absolute atomic E-state index is 0. The van der Waals surface area contributed by atoms with Crippen LogP contribution in [0.4, 0.5) is 47.3 Å². The highest BCUT2D eigenvalue weighted by Gasteiger charge is 2.47. The van der Waals surface area contributed by atoms with Crippen LogP contribution in [-0.4, -0.2) is 91.5 Å². The van der Waals surface area contributed by atoms with Crippen LogP contribution in [0.15, 0.2) is 120 Å². The summed E-state index contributed by atoms with van der Waals surface area (Å²) in [5.74, 6) is -0.802. The molecule has 4 aromatic rings. The zero-order valence-electron chi connectivity index (χ0n) is 36.5. The van der Waals surface area contributed by atoms with E-state index in [-0.39, 0.29) is 77.1 Å². The number of nitrogens with zero attached hydrogens (tertiary/aromatic N) is 7. The van der Waals surface area contributed by atoms with Crippen LogP contribution in [0.1, 0.15) is 58.3 Å². The predicted molar refractivity (Wildman–Crippen MR) is 231 cm³/mol. The van der Waals surface area contributed by atoms with E-state index in [2.05, 4.69) is 10.6 Å². The van der Waals surface area contributed by atoms with Crippen molar-refractivity contribution >= 4 is 35.3 Å². The molecule has 0 unspecified atom stereocenters. The van der Waals surface area contributed by atoms with E-state index in [0.717, 1.165) is 34.1 Å². The molecule has 0 spiro atoms. The number of urea groups is 2. The SMILES string of the molecule is C[N+](C)(CCCN1CC2=C(C1=O)[C@@H](c1ccc(C#N)cc1)NC(=O)N2c1cccc(C(F)(F)F)c1)CCCN1CC2=C(C1=O)[C@@H](c1ccc(C#N)cc1)NC(=O)N2c1cccc(C(F)(F)F)c1.[Br-]. The van der Waals surface area contributed by atoms with Gasteiger partial charge in [0.15, 0.2) is 0 Å². The van der Waals surface area contributed by atoms with E-state index in [1.54, 1.807) is 58.3 Å². The number of carbonyl (C=O) groups is 4. The van der Waals surface area contributed by atoms with Crippen LogP contribution < -0.4 is 37.4 Å². The van der Waals surface area contributed by atoms with Crippen LogP contribution >= 0.6 is 0 Å². The molecule has 0 aliphatic carbocycles. The smallest absolute Gasteiger partial charge is 0.416 e. The van der Waals surface area contributed by atoms with Crippen LogP contribution in [0.5, 0.6) is 0 Å². The molecule has 0 radical (unpaired) electrons. The van der Waals surface area contributed by atoms with Gasteiger partial charge in [-0.25, -0.2) is 9.59 Å². The van der Waals surface area contributed by atoms with Gasteiger partial charge in [-0.1, -0.05) is 36.4 Å². The molecule has 352 valence electrons. The first kappa shape index (κ1) is 48.8. The second kappa shape index (κ2) is 18.8. The van der Waals surface area contributed by atoms with Gasteiger partial charge in [0.2, 0.25) is 0 Å². The van der Waals surface area contributed by atoms with Crippen molar-refractivity contribution in [3.63, 3.8) is 0 Å². The molecule has 8 rings (SSSR count). The zero-order chi connectivity index (χ0) is 48.0. The lowest BCUT2D eigenvalue weighted by Gasteiger charge is -2.34. The molecule has 20 heteroatoms. The molecule has 0 aromatic heterocycles. The number of halogens is 7. The summed E-state index contributed by atoms with van der Waals surface area (Å²) < 4.78 is 83.1. The Morgan fingerprint density at radius 2 is 0.971 bits per heavy atom. The summed E-state index contributed by atoms with van der Waals surface area (Å²) in [6, 6.07) is 22.0. The van der Waals surface area contributed by atoms with Crippen molar-refractivity contribution in [2.24, 2.45) is 0 Å². The highest BCUT2D eigenvalue weighted by molar-refractivity contribution is 6.08. The second-order valence-corrected chi connectivity index (χ2v) is 17.3. The zero-order valence-corrected chi connectivity index (χ0v) is 38.0. The number of benzene rings is 4. The number of alkyl halides is 6. The molecule has 2 N–H and O–H groups in total. The number of hydrogen-bond acceptors (Lipinski definition) is 6. The van der Waals surface area contributed by atoms with Crippen molar-refractivity contribution in [3.05, 3.63) is 153 Å². The number of anilines is 2. The van der Waals surface area contributed by atoms with E-state index in [0.29, 0.717) is 52.7 Å². The van der Waals surface area contributed by atoms with Crippen molar-refractivity contribution in [3.8, 4) is 12.1 Å². The maximum Gasteiger partial charge on any atom is 0.416 e. The molecular weight excluding hydrogens is 960 g/mol. The van der Waals surface area contributed by atoms with Crippen molar-refractivity contribution in [2.75, 3.05) is 63.2 Å². The Bertz CT molecular complexity index is 2630. The summed E-state index contributed by atoms with van der Waals surface area (Å²) in [4.78, 5) is 61.2. The monoisotopic (exact) mass is 1000 g/mol. The van der Waals surface area contributed by atoms with Gasteiger partial charge >= 0.3 is 24.4 Å². The molecule has 4 aliphatic rings. The Kier molecular flexibility index (Phi) is 13.5. The third-order valence-electron chi connectivity index (χ3n) is 12.4. The summed E-state index contributed by atoms with van der Waals surface area (Å²) in [7, 11) is 3.95. The van der Waals surface area contributed by atoms with Crippen LogP contribution in [0, 0.1) is 22.7 Å². The standard InChI is InChI=1S/C48H41F6N9O4.BrH/c1-63(2,21-5-19-59-27-37-39(43(59)64)41(31-15-11-29(25-55)12-16-31)57-45(66)61(37)35-9-3-7-33(23-35)47(49,50)51)22-6-20-60-28-38-40(44(60)65)42(32-17-13-30(26-56)14-18-32)58-46(67)62(38)36-10-4-8-34(24-36)48(52,53)54;/h3-4,7-18,23-24,41-42H,5-6,19-22,27-28H2,1-2H3,(H-,57,58,66,67);1H/t41-,42-;/m1./s1. The number of quaternary nitrogens is 1. The third-order valence-corrected chi connectivity index (χ3v) is 12.4. The fourth-order valence-corrected chi connectivity index (χ4v) is 9.03. The molecular formula is C48H42BrF6N9O4. The lowest BCUT2D eigenvalue weighted by atomic mass is 9.94. The van der Waals surface area contributed by atoms with Gasteiger partial charge in [0, 0.05) is 25.9 Å². The molecule has 0 saturated carbocycles. The molecule has 0 bridgehead atoms. The quantitative estimate of drug-likeness (QED) is 0.154. The van der Waals surface area contributed by atoms with Gasteiger partial charge in [0.05, 0.1) is 121 Å². The number of nitriles is 2. The average Bonchev–Trinajstić information content (AvgIpc) is 3.79. The highest BCUT2D eigenvalue weighted by Crippen LogP contribution is 2.42. The van der Waals surface area contributed by atoms with E-state index in [4.69, 9.17) is 0 Å². The molecule has 4 aliphatic heterocycles. The lowest BCUT2D eigenvalue weighted by Crippen LogP contribution is -3.00. The van der Waals surface area contributed by atoms with Gasteiger partial charge in [-0.15, -0.1) is 0 Å². The first-order chi connectivity index (χ1) is 31.8. The van der Waals surface area contributed by atoms with Crippen LogP contribution in [0.3, 0.4) is 0 Å². The lowest BCUT2D eigenvalue weighted by molar-refractivity contribution is -0.890. The Labute approximate surface area is 397 Å². The molecule has 0 saturated heterocycles. The normalized spacial score (nSPS) is 18.5. The third kappa shape index (κ3) is 9.65. The number of hydrogen-bond donors (Lipinski definition) is 2. The average molecular weight is 1000 g/mol. The summed E-state index contributed by atoms with van der Waals surface area (Å²) >= 11 is 0. The Morgan fingerprint density at radius 1 is 0.603 bits per heavy atom. The van der Waals surface area contributed by atoms with Crippen molar-refractivity contribution in [1.82, 2.24) is 20.4 Å². The maximum atomic E-state index is 14.2. The van der Waals surface area contributed by atoms with Crippen molar-refractivity contribution in [1.29, 1.82) is 10.5 Å². The van der Waals surface area contributed by atoms with E-state index < -0.39 is 59.4 Å². The summed E-state index contributed by atoms with van der Waals surface area (Å²) in [6.45, 7) is 1.47. The minimum atomic E-state index is -4.68. The molecule has 13 nitrogen and oxygen atoms in total. The van der Waals surface area contributed by atoms with Crippen LogP contribution in [0.25, 0.3) is 0 Å². The summed E-state index contributed by atoms with van der Waals surface area (Å²) in [6.07, 6.45) is -8.40. The molecule has 2 atom stereocenters. The fourth-order valence-electron chi connectivity index (χ4n) is 9.03. The number of amides is 6. The largest absolute Gasteiger partial charge is 1.00 e. The van der Waals surface area contributed by atoms with Crippen molar-refractivity contribution in [2.45, 2.75) is 37.3 Å². The van der Waals surface area contributed by atoms with Gasteiger partial charge in [-0.2, -0.15) is 36.9 Å². The van der Waals surface area contributed by atoms with E-state index in [1.165, 1.54) is 24.3 Å². The number of rotatable bonds is 12. The number of carbonyl (C=O) groups excluding carboxylic acids is 4. The van der Waals surface area contributed by atoms with Crippen LogP contribution in [0.2, 0.25) is 0 Å². The predicted octanol–water partition coefficient (Wildman–Crippen LogP) is 4.76. The van der Waals surface area contributed by atoms with Crippen molar-refractivity contribution < 1.29 is 67.0 Å². The minimum Gasteiger partial charge on any atom is -1.00 e. The Hall–Kier alpha value is -7.16. The van der Waals surface area contributed by atoms with Gasteiger partial charge in [0.1, 0.15) is 0 Å². The Morgan fingerprint density at radius 3 is 1.31 bits per heavy atom. The first-order valence-electron chi connectivity index (χ1n) is 21.2. The van der Waals surface area contributed by atoms with Gasteiger partial charge in [-0.05, 0) is 71.8 Å². The number of nitrogens with one attached hydrogen (secondary N) is 2. The van der Waals surface area contributed by atoms with E-state index >= 15 is 0 Å². The highest BCUT2D eigenvalue weighted by atomic mass is 79.9. The fraction of sp³-hybridized carbons (Fsp3) is 0.292. The molecule has 4 heterocycles. The van der Waals surface area contributed by atoms with E-state index in [9.17, 15) is 56.0 Å². The maximum absolute atomic E-state index is 14.2. The first-order valence-corrected chi connectivity index (χ1v) is 21.2. The molecule has 6 amide bonds. The molecule has 68 heavy (non-hydrogen) atoms. The molecule has 0 fully saturated rings. The van der Waals surface area contributed by atoms with Gasteiger partial charge in [0.25, 0.3) is 11.8 Å². The molecule has 4 aromatic carbocycles. The summed E-state index contributed by atoms with van der Waals surface area (Å²) in [5.41, 5.74) is 0.587. The van der Waals surface area contributed by atoms with Gasteiger partial charge < -0.3 is 41.9 Å². The topological polar surface area (TPSA) is 153 Å². The second-order valence-electron chi connectivity index (χ2n) is 17.3. The van der Waals surface area contributed by atoms with Gasteiger partial charge in [-0.3, -0.25) is 19.4 Å². The Balaban J connectivity index is 0.00000684. The summed E-state index contributed by atoms with van der Waals surface area (Å²) in [5, 5.41) is 24.2.